The molecule has 7 atom stereocenters. The first-order chi connectivity index (χ1) is 23.6. The minimum absolute atomic E-state index is 0.0253. The molecule has 0 saturated carbocycles. The van der Waals surface area contributed by atoms with Gasteiger partial charge in [-0.2, -0.15) is 12.6 Å². The SMILES string of the molecule is CC(C)C[C@H](NC(=O)[C@H](C)NC(=O)[C@H](CO)NC(=O)[C@@H](NC(=O)[C@@H](N)CCC(=O)O)C(C)C)C(=O)N[C@@H](CCC(=O)O)C(=O)N[C@@H](CS)C(=O)O. The molecule has 0 aliphatic heterocycles. The topological polar surface area (TPSA) is 333 Å². The maximum absolute atomic E-state index is 13.3. The second kappa shape index (κ2) is 23.1. The number of carboxylic acid groups (broad SMARTS) is 3. The Balaban J connectivity index is 5.70. The van der Waals surface area contributed by atoms with Gasteiger partial charge >= 0.3 is 17.9 Å². The number of aliphatic hydroxyl groups excluding tert-OH is 1. The van der Waals surface area contributed by atoms with E-state index in [9.17, 15) is 53.4 Å². The summed E-state index contributed by atoms with van der Waals surface area (Å²) in [6.07, 6.45) is -1.52. The van der Waals surface area contributed by atoms with Gasteiger partial charge in [0.25, 0.3) is 0 Å². The Labute approximate surface area is 300 Å². The van der Waals surface area contributed by atoms with Gasteiger partial charge in [-0.1, -0.05) is 27.7 Å². The minimum atomic E-state index is -1.60. The number of carbonyl (C=O) groups is 9. The van der Waals surface area contributed by atoms with Gasteiger partial charge in [-0.05, 0) is 38.0 Å². The lowest BCUT2D eigenvalue weighted by molar-refractivity contribution is -0.142. The molecule has 0 aromatic carbocycles. The minimum Gasteiger partial charge on any atom is -0.481 e. The molecule has 0 saturated heterocycles. The van der Waals surface area contributed by atoms with E-state index in [1.807, 2.05) is 0 Å². The lowest BCUT2D eigenvalue weighted by atomic mass is 10.0. The summed E-state index contributed by atoms with van der Waals surface area (Å²) in [5, 5.41) is 50.9. The van der Waals surface area contributed by atoms with Crippen LogP contribution < -0.4 is 37.6 Å². The molecule has 0 aromatic heterocycles. The summed E-state index contributed by atoms with van der Waals surface area (Å²) >= 11 is 3.86. The van der Waals surface area contributed by atoms with Crippen LogP contribution in [0.15, 0.2) is 0 Å². The van der Waals surface area contributed by atoms with Gasteiger partial charge in [-0.3, -0.25) is 38.4 Å². The van der Waals surface area contributed by atoms with Crippen molar-refractivity contribution in [3.8, 4) is 0 Å². The van der Waals surface area contributed by atoms with E-state index in [0.29, 0.717) is 0 Å². The largest absolute Gasteiger partial charge is 0.481 e. The monoisotopic (exact) mass is 749 g/mol. The van der Waals surface area contributed by atoms with E-state index in [0.717, 1.165) is 0 Å². The highest BCUT2D eigenvalue weighted by molar-refractivity contribution is 7.80. The molecule has 20 nitrogen and oxygen atoms in total. The van der Waals surface area contributed by atoms with E-state index >= 15 is 0 Å². The van der Waals surface area contributed by atoms with Crippen LogP contribution in [-0.4, -0.2) is 128 Å². The van der Waals surface area contributed by atoms with Crippen molar-refractivity contribution in [3.63, 3.8) is 0 Å². The Bertz CT molecular complexity index is 1270. The first-order valence-electron chi connectivity index (χ1n) is 16.1. The molecule has 0 aliphatic carbocycles. The zero-order chi connectivity index (χ0) is 39.6. The summed E-state index contributed by atoms with van der Waals surface area (Å²) in [6.45, 7) is 6.93. The van der Waals surface area contributed by atoms with E-state index in [4.69, 9.17) is 15.9 Å². The fourth-order valence-electron chi connectivity index (χ4n) is 4.31. The standard InChI is InChI=1S/C30H51N7O13S/c1-13(2)10-18(27(46)33-17(7-9-22(41)42)26(45)36-20(12-51)30(49)50)34-24(43)15(5)32-28(47)19(11-38)35-29(48)23(14(3)4)37-25(44)16(31)6-8-21(39)40/h13-20,23,38,51H,6-12,31H2,1-5H3,(H,32,47)(H,33,46)(H,34,43)(H,35,48)(H,36,45)(H,37,44)(H,39,40)(H,41,42)(H,49,50)/t15-,16-,17-,18-,19-,20-,23-/m0/s1. The number of carbonyl (C=O) groups excluding carboxylic acids is 6. The lowest BCUT2D eigenvalue weighted by Crippen LogP contribution is -2.60. The van der Waals surface area contributed by atoms with Crippen LogP contribution in [0.4, 0.5) is 0 Å². The van der Waals surface area contributed by atoms with Crippen LogP contribution in [-0.2, 0) is 43.2 Å². The van der Waals surface area contributed by atoms with Gasteiger partial charge in [-0.25, -0.2) is 4.79 Å². The van der Waals surface area contributed by atoms with Crippen LogP contribution in [0.1, 0.15) is 66.7 Å². The smallest absolute Gasteiger partial charge is 0.327 e. The third kappa shape index (κ3) is 17.8. The molecule has 0 heterocycles. The average Bonchev–Trinajstić information content (AvgIpc) is 3.03. The molecule has 0 aromatic rings. The summed E-state index contributed by atoms with van der Waals surface area (Å²) in [7, 11) is 0. The molecule has 290 valence electrons. The fourth-order valence-corrected chi connectivity index (χ4v) is 4.55. The van der Waals surface area contributed by atoms with E-state index in [-0.39, 0.29) is 30.9 Å². The first kappa shape index (κ1) is 46.5. The quantitative estimate of drug-likeness (QED) is 0.0430. The summed E-state index contributed by atoms with van der Waals surface area (Å²) in [5.41, 5.74) is 5.71. The molecule has 51 heavy (non-hydrogen) atoms. The number of nitrogens with one attached hydrogen (secondary N) is 6. The number of nitrogens with two attached hydrogens (primary N) is 1. The number of rotatable bonds is 24. The van der Waals surface area contributed by atoms with Gasteiger partial charge in [0.15, 0.2) is 0 Å². The lowest BCUT2D eigenvalue weighted by Gasteiger charge is -2.27. The third-order valence-corrected chi connectivity index (χ3v) is 7.60. The van der Waals surface area contributed by atoms with E-state index < -0.39 is 121 Å². The van der Waals surface area contributed by atoms with Crippen molar-refractivity contribution in [1.29, 1.82) is 0 Å². The molecule has 0 aliphatic rings. The molecule has 0 fully saturated rings. The Hall–Kier alpha value is -4.50. The third-order valence-electron chi connectivity index (χ3n) is 7.24. The molecule has 6 amide bonds. The first-order valence-corrected chi connectivity index (χ1v) is 16.7. The van der Waals surface area contributed by atoms with Gasteiger partial charge in [-0.15, -0.1) is 0 Å². The normalized spacial score (nSPS) is 15.2. The Morgan fingerprint density at radius 2 is 1.06 bits per heavy atom. The van der Waals surface area contributed by atoms with E-state index in [1.165, 1.54) is 6.92 Å². The zero-order valence-corrected chi connectivity index (χ0v) is 30.0. The van der Waals surface area contributed by atoms with Crippen LogP contribution in [0.3, 0.4) is 0 Å². The summed E-state index contributed by atoms with van der Waals surface area (Å²) < 4.78 is 0. The molecule has 0 radical (unpaired) electrons. The van der Waals surface area contributed by atoms with Crippen molar-refractivity contribution in [2.45, 2.75) is 109 Å². The van der Waals surface area contributed by atoms with E-state index in [1.54, 1.807) is 27.7 Å². The number of hydrogen-bond donors (Lipinski definition) is 12. The van der Waals surface area contributed by atoms with Crippen molar-refractivity contribution in [2.75, 3.05) is 12.4 Å². The second-order valence-electron chi connectivity index (χ2n) is 12.5. The van der Waals surface area contributed by atoms with Crippen LogP contribution in [0.5, 0.6) is 0 Å². The highest BCUT2D eigenvalue weighted by Crippen LogP contribution is 2.09. The van der Waals surface area contributed by atoms with Crippen molar-refractivity contribution >= 4 is 66.0 Å². The summed E-state index contributed by atoms with van der Waals surface area (Å²) in [5.74, 6) is -10.4. The van der Waals surface area contributed by atoms with Gasteiger partial charge < -0.3 is 58.1 Å². The molecule has 0 bridgehead atoms. The predicted molar refractivity (Wildman–Crippen MR) is 182 cm³/mol. The number of amides is 6. The van der Waals surface area contributed by atoms with Crippen LogP contribution in [0.25, 0.3) is 0 Å². The van der Waals surface area contributed by atoms with Crippen molar-refractivity contribution in [1.82, 2.24) is 31.9 Å². The molecule has 21 heteroatoms. The highest BCUT2D eigenvalue weighted by Gasteiger charge is 2.33. The van der Waals surface area contributed by atoms with Gasteiger partial charge in [0.2, 0.25) is 35.4 Å². The number of hydrogen-bond acceptors (Lipinski definition) is 12. The average molecular weight is 750 g/mol. The Morgan fingerprint density at radius 1 is 0.588 bits per heavy atom. The molecular formula is C30H51N7O13S. The number of aliphatic hydroxyl groups is 1. The zero-order valence-electron chi connectivity index (χ0n) is 29.1. The van der Waals surface area contributed by atoms with E-state index in [2.05, 4.69) is 44.5 Å². The Morgan fingerprint density at radius 3 is 1.53 bits per heavy atom. The van der Waals surface area contributed by atoms with Crippen LogP contribution in [0, 0.1) is 11.8 Å². The van der Waals surface area contributed by atoms with Crippen molar-refractivity contribution in [2.24, 2.45) is 17.6 Å². The maximum atomic E-state index is 13.3. The molecule has 12 N–H and O–H groups in total. The van der Waals surface area contributed by atoms with Gasteiger partial charge in [0.1, 0.15) is 36.3 Å². The number of thiol groups is 1. The number of carboxylic acids is 3. The van der Waals surface area contributed by atoms with Crippen molar-refractivity contribution < 1.29 is 63.6 Å². The predicted octanol–water partition coefficient (Wildman–Crippen LogP) is -3.32. The van der Waals surface area contributed by atoms with Gasteiger partial charge in [0, 0.05) is 18.6 Å². The second-order valence-corrected chi connectivity index (χ2v) is 12.9. The summed E-state index contributed by atoms with van der Waals surface area (Å²) in [6, 6.07) is -9.64. The molecule has 0 unspecified atom stereocenters. The summed E-state index contributed by atoms with van der Waals surface area (Å²) in [4.78, 5) is 111. The van der Waals surface area contributed by atoms with Crippen molar-refractivity contribution in [3.05, 3.63) is 0 Å². The van der Waals surface area contributed by atoms with Crippen LogP contribution >= 0.6 is 12.6 Å². The highest BCUT2D eigenvalue weighted by atomic mass is 32.1. The maximum Gasteiger partial charge on any atom is 0.327 e. The van der Waals surface area contributed by atoms with Gasteiger partial charge in [0.05, 0.1) is 12.6 Å². The molecular weight excluding hydrogens is 698 g/mol. The molecule has 0 rings (SSSR count). The number of aliphatic carboxylic acids is 3. The molecule has 0 spiro atoms. The Kier molecular flexibility index (Phi) is 21.0. The van der Waals surface area contributed by atoms with Crippen LogP contribution in [0.2, 0.25) is 0 Å². The fraction of sp³-hybridized carbons (Fsp3) is 0.700.